The molecule has 0 aliphatic carbocycles. The minimum Gasteiger partial charge on any atom is -0.496 e. The quantitative estimate of drug-likeness (QED) is 0.607. The van der Waals surface area contributed by atoms with Gasteiger partial charge in [0.25, 0.3) is 0 Å². The number of nitrogens with zero attached hydrogens (tertiary/aromatic N) is 4. The van der Waals surface area contributed by atoms with Gasteiger partial charge in [-0.05, 0) is 38.5 Å². The second-order valence-electron chi connectivity index (χ2n) is 6.28. The molecule has 0 aliphatic heterocycles. The summed E-state index contributed by atoms with van der Waals surface area (Å²) in [5.41, 5.74) is 7.44. The summed E-state index contributed by atoms with van der Waals surface area (Å²) in [4.78, 5) is 21.2. The third-order valence-corrected chi connectivity index (χ3v) is 4.53. The molecule has 0 atom stereocenters. The van der Waals surface area contributed by atoms with E-state index in [1.807, 2.05) is 32.0 Å². The number of rotatable bonds is 3. The van der Waals surface area contributed by atoms with E-state index in [0.717, 1.165) is 56.4 Å². The van der Waals surface area contributed by atoms with Crippen molar-refractivity contribution < 1.29 is 4.74 Å². The summed E-state index contributed by atoms with van der Waals surface area (Å²) in [6, 6.07) is 6.00. The molecule has 26 heavy (non-hydrogen) atoms. The molecule has 3 aromatic heterocycles. The van der Waals surface area contributed by atoms with Gasteiger partial charge < -0.3 is 9.72 Å². The Morgan fingerprint density at radius 2 is 1.73 bits per heavy atom. The van der Waals surface area contributed by atoms with E-state index in [1.165, 1.54) is 0 Å². The maximum absolute atomic E-state index is 5.45. The summed E-state index contributed by atoms with van der Waals surface area (Å²) in [7, 11) is 1.68. The van der Waals surface area contributed by atoms with Crippen LogP contribution in [0.25, 0.3) is 33.7 Å². The van der Waals surface area contributed by atoms with E-state index < -0.39 is 0 Å². The molecule has 1 aromatic carbocycles. The Labute approximate surface area is 151 Å². The van der Waals surface area contributed by atoms with Crippen LogP contribution in [-0.2, 0) is 0 Å². The minimum atomic E-state index is 0.738. The molecule has 130 valence electrons. The molecular formula is C20H19N5O. The van der Waals surface area contributed by atoms with E-state index in [-0.39, 0.29) is 0 Å². The van der Waals surface area contributed by atoms with Crippen LogP contribution in [0.3, 0.4) is 0 Å². The fraction of sp³-hybridized carbons (Fsp3) is 0.200. The largest absolute Gasteiger partial charge is 0.496 e. The lowest BCUT2D eigenvalue weighted by Gasteiger charge is -2.12. The van der Waals surface area contributed by atoms with Gasteiger partial charge in [0.2, 0.25) is 0 Å². The van der Waals surface area contributed by atoms with Gasteiger partial charge in [0.05, 0.1) is 24.7 Å². The first-order chi connectivity index (χ1) is 12.6. The lowest BCUT2D eigenvalue weighted by molar-refractivity contribution is 0.412. The monoisotopic (exact) mass is 345 g/mol. The van der Waals surface area contributed by atoms with E-state index in [9.17, 15) is 0 Å². The fourth-order valence-electron chi connectivity index (χ4n) is 3.15. The van der Waals surface area contributed by atoms with Gasteiger partial charge in [-0.2, -0.15) is 0 Å². The lowest BCUT2D eigenvalue weighted by atomic mass is 9.99. The zero-order valence-electron chi connectivity index (χ0n) is 15.2. The van der Waals surface area contributed by atoms with E-state index >= 15 is 0 Å². The zero-order chi connectivity index (χ0) is 18.3. The van der Waals surface area contributed by atoms with Crippen molar-refractivity contribution in [3.8, 4) is 28.3 Å². The Kier molecular flexibility index (Phi) is 3.88. The van der Waals surface area contributed by atoms with Crippen LogP contribution < -0.4 is 4.74 Å². The molecule has 4 rings (SSSR count). The number of aromatic amines is 1. The van der Waals surface area contributed by atoms with Crippen molar-refractivity contribution in [1.29, 1.82) is 0 Å². The van der Waals surface area contributed by atoms with E-state index in [4.69, 9.17) is 9.72 Å². The zero-order valence-corrected chi connectivity index (χ0v) is 15.2. The number of aromatic nitrogens is 5. The number of H-pyrrole nitrogens is 1. The molecule has 3 heterocycles. The van der Waals surface area contributed by atoms with Crippen LogP contribution in [0, 0.1) is 20.8 Å². The molecule has 4 aromatic rings. The summed E-state index contributed by atoms with van der Waals surface area (Å²) in [6.45, 7) is 5.97. The molecule has 0 spiro atoms. The van der Waals surface area contributed by atoms with Crippen LogP contribution in [-0.4, -0.2) is 32.0 Å². The summed E-state index contributed by atoms with van der Waals surface area (Å²) in [6.07, 6.45) is 5.39. The highest BCUT2D eigenvalue weighted by Gasteiger charge is 2.14. The molecule has 0 saturated carbocycles. The number of aryl methyl sites for hydroxylation is 2. The van der Waals surface area contributed by atoms with Crippen molar-refractivity contribution in [2.24, 2.45) is 0 Å². The Morgan fingerprint density at radius 1 is 0.962 bits per heavy atom. The Balaban J connectivity index is 1.83. The lowest BCUT2D eigenvalue weighted by Crippen LogP contribution is -1.96. The molecule has 0 radical (unpaired) electrons. The number of methoxy groups -OCH3 is 1. The van der Waals surface area contributed by atoms with Crippen LogP contribution in [0.2, 0.25) is 0 Å². The van der Waals surface area contributed by atoms with Crippen molar-refractivity contribution in [1.82, 2.24) is 24.9 Å². The molecular weight excluding hydrogens is 326 g/mol. The molecule has 0 bridgehead atoms. The van der Waals surface area contributed by atoms with E-state index in [1.54, 1.807) is 25.7 Å². The summed E-state index contributed by atoms with van der Waals surface area (Å²) >= 11 is 0. The van der Waals surface area contributed by atoms with Gasteiger partial charge in [-0.3, -0.25) is 0 Å². The first-order valence-corrected chi connectivity index (χ1v) is 8.36. The fourth-order valence-corrected chi connectivity index (χ4v) is 3.15. The van der Waals surface area contributed by atoms with Gasteiger partial charge in [0, 0.05) is 29.1 Å². The highest BCUT2D eigenvalue weighted by atomic mass is 16.5. The highest BCUT2D eigenvalue weighted by Crippen LogP contribution is 2.32. The summed E-state index contributed by atoms with van der Waals surface area (Å²) in [5, 5.41) is 0. The summed E-state index contributed by atoms with van der Waals surface area (Å²) < 4.78 is 5.45. The van der Waals surface area contributed by atoms with Crippen LogP contribution in [0.15, 0.2) is 36.8 Å². The number of hydrogen-bond acceptors (Lipinski definition) is 5. The Bertz CT molecular complexity index is 1100. The highest BCUT2D eigenvalue weighted by molar-refractivity contribution is 5.82. The van der Waals surface area contributed by atoms with Crippen molar-refractivity contribution >= 4 is 11.2 Å². The predicted octanol–water partition coefficient (Wildman–Crippen LogP) is 4.02. The minimum absolute atomic E-state index is 0.738. The van der Waals surface area contributed by atoms with Gasteiger partial charge in [-0.15, -0.1) is 0 Å². The van der Waals surface area contributed by atoms with Gasteiger partial charge in [0.15, 0.2) is 5.65 Å². The van der Waals surface area contributed by atoms with Crippen molar-refractivity contribution in [2.45, 2.75) is 20.8 Å². The molecule has 1 N–H and O–H groups in total. The molecule has 0 aliphatic rings. The SMILES string of the molecule is COc1ccc(C)c(-c2cnc3[nH]c(-c4cnc(C)nc4)cc3n2)c1C. The van der Waals surface area contributed by atoms with Crippen LogP contribution in [0.5, 0.6) is 5.75 Å². The van der Waals surface area contributed by atoms with Gasteiger partial charge >= 0.3 is 0 Å². The number of benzene rings is 1. The van der Waals surface area contributed by atoms with Gasteiger partial charge in [-0.25, -0.2) is 19.9 Å². The van der Waals surface area contributed by atoms with Crippen LogP contribution >= 0.6 is 0 Å². The van der Waals surface area contributed by atoms with Crippen LogP contribution in [0.4, 0.5) is 0 Å². The molecule has 6 heteroatoms. The topological polar surface area (TPSA) is 76.6 Å². The average molecular weight is 345 g/mol. The maximum Gasteiger partial charge on any atom is 0.156 e. The third-order valence-electron chi connectivity index (χ3n) is 4.53. The molecule has 6 nitrogen and oxygen atoms in total. The first-order valence-electron chi connectivity index (χ1n) is 8.36. The molecule has 0 amide bonds. The standard InChI is InChI=1S/C20H19N5O/c1-11-5-6-18(26-4)12(2)19(11)17-10-23-20-16(24-17)7-15(25-20)14-8-21-13(3)22-9-14/h5-10H,1-4H3,(H,23,25). The number of ether oxygens (including phenoxy) is 1. The van der Waals surface area contributed by atoms with Crippen molar-refractivity contribution in [2.75, 3.05) is 7.11 Å². The van der Waals surface area contributed by atoms with E-state index in [0.29, 0.717) is 0 Å². The van der Waals surface area contributed by atoms with Crippen molar-refractivity contribution in [3.63, 3.8) is 0 Å². The van der Waals surface area contributed by atoms with Crippen molar-refractivity contribution in [3.05, 3.63) is 53.7 Å². The molecule has 0 unspecified atom stereocenters. The Morgan fingerprint density at radius 3 is 2.46 bits per heavy atom. The Hall–Kier alpha value is -3.28. The predicted molar refractivity (Wildman–Crippen MR) is 101 cm³/mol. The van der Waals surface area contributed by atoms with Gasteiger partial charge in [-0.1, -0.05) is 6.07 Å². The first kappa shape index (κ1) is 16.2. The maximum atomic E-state index is 5.45. The molecule has 0 saturated heterocycles. The average Bonchev–Trinajstić information content (AvgIpc) is 3.06. The molecule has 0 fully saturated rings. The number of fused-ring (bicyclic) bond motifs is 1. The van der Waals surface area contributed by atoms with Gasteiger partial charge in [0.1, 0.15) is 17.1 Å². The smallest absolute Gasteiger partial charge is 0.156 e. The normalized spacial score (nSPS) is 11.1. The van der Waals surface area contributed by atoms with E-state index in [2.05, 4.69) is 26.9 Å². The number of nitrogens with one attached hydrogen (secondary N) is 1. The second kappa shape index (κ2) is 6.22. The number of hydrogen-bond donors (Lipinski definition) is 1. The third kappa shape index (κ3) is 2.69. The second-order valence-corrected chi connectivity index (χ2v) is 6.28. The van der Waals surface area contributed by atoms with Crippen LogP contribution in [0.1, 0.15) is 17.0 Å². The summed E-state index contributed by atoms with van der Waals surface area (Å²) in [5.74, 6) is 1.59.